The molecule has 0 unspecified atom stereocenters. The van der Waals surface area contributed by atoms with Gasteiger partial charge in [0.25, 0.3) is 0 Å². The van der Waals surface area contributed by atoms with Gasteiger partial charge >= 0.3 is 0 Å². The summed E-state index contributed by atoms with van der Waals surface area (Å²) in [4.78, 5) is 2.39. The van der Waals surface area contributed by atoms with Gasteiger partial charge in [0.15, 0.2) is 0 Å². The lowest BCUT2D eigenvalue weighted by Crippen LogP contribution is -2.27. The summed E-state index contributed by atoms with van der Waals surface area (Å²) in [5, 5.41) is 3.29. The lowest BCUT2D eigenvalue weighted by Gasteiger charge is -2.17. The van der Waals surface area contributed by atoms with Crippen molar-refractivity contribution in [2.24, 2.45) is 0 Å². The molecule has 0 bridgehead atoms. The summed E-state index contributed by atoms with van der Waals surface area (Å²) in [5.74, 6) is -0.159. The van der Waals surface area contributed by atoms with Crippen molar-refractivity contribution >= 4 is 15.9 Å². The van der Waals surface area contributed by atoms with Crippen molar-refractivity contribution in [3.8, 4) is 0 Å². The van der Waals surface area contributed by atoms with E-state index in [0.29, 0.717) is 16.6 Å². The Hall–Kier alpha value is -0.450. The topological polar surface area (TPSA) is 15.3 Å². The maximum atomic E-state index is 13.7. The van der Waals surface area contributed by atoms with E-state index in [4.69, 9.17) is 0 Å². The van der Waals surface area contributed by atoms with Crippen molar-refractivity contribution in [3.05, 3.63) is 34.1 Å². The largest absolute Gasteiger partial charge is 0.313 e. The van der Waals surface area contributed by atoms with Gasteiger partial charge < -0.3 is 10.2 Å². The number of nitrogens with one attached hydrogen (secondary N) is 1. The Balaban J connectivity index is 2.24. The molecule has 0 spiro atoms. The minimum absolute atomic E-state index is 0.159. The van der Waals surface area contributed by atoms with Crippen LogP contribution in [0.4, 0.5) is 4.39 Å². The fourth-order valence-electron chi connectivity index (χ4n) is 1.88. The quantitative estimate of drug-likeness (QED) is 0.739. The van der Waals surface area contributed by atoms with E-state index in [-0.39, 0.29) is 5.82 Å². The average Bonchev–Trinajstić information content (AvgIpc) is 2.38. The number of nitrogens with zero attached hydrogens (tertiary/aromatic N) is 1. The third-order valence-electron chi connectivity index (χ3n) is 3.07. The van der Waals surface area contributed by atoms with Crippen molar-refractivity contribution in [1.29, 1.82) is 0 Å². The van der Waals surface area contributed by atoms with E-state index in [1.807, 2.05) is 12.1 Å². The average molecular weight is 317 g/mol. The summed E-state index contributed by atoms with van der Waals surface area (Å²) in [7, 11) is 0. The van der Waals surface area contributed by atoms with Crippen LogP contribution in [0.15, 0.2) is 22.7 Å². The maximum absolute atomic E-state index is 13.7. The number of hydrogen-bond donors (Lipinski definition) is 1. The summed E-state index contributed by atoms with van der Waals surface area (Å²) in [6.45, 7) is 9.14. The second kappa shape index (κ2) is 8.62. The Morgan fingerprint density at radius 1 is 1.28 bits per heavy atom. The first-order valence-corrected chi connectivity index (χ1v) is 7.34. The minimum Gasteiger partial charge on any atom is -0.313 e. The molecule has 102 valence electrons. The summed E-state index contributed by atoms with van der Waals surface area (Å²) >= 11 is 3.20. The number of hydrogen-bond acceptors (Lipinski definition) is 2. The first-order chi connectivity index (χ1) is 8.69. The Labute approximate surface area is 118 Å². The molecule has 18 heavy (non-hydrogen) atoms. The molecule has 0 saturated heterocycles. The Kier molecular flexibility index (Phi) is 7.47. The molecule has 0 radical (unpaired) electrons. The third kappa shape index (κ3) is 5.04. The number of benzene rings is 1. The van der Waals surface area contributed by atoms with E-state index in [1.165, 1.54) is 0 Å². The van der Waals surface area contributed by atoms with Crippen LogP contribution in [0.2, 0.25) is 0 Å². The molecule has 1 rings (SSSR count). The maximum Gasteiger partial charge on any atom is 0.141 e. The minimum atomic E-state index is -0.159. The second-order valence-corrected chi connectivity index (χ2v) is 5.12. The summed E-state index contributed by atoms with van der Waals surface area (Å²) in [6.07, 6.45) is 1.09. The predicted octanol–water partition coefficient (Wildman–Crippen LogP) is 3.41. The highest BCUT2D eigenvalue weighted by molar-refractivity contribution is 9.10. The van der Waals surface area contributed by atoms with E-state index < -0.39 is 0 Å². The van der Waals surface area contributed by atoms with Gasteiger partial charge in [-0.25, -0.2) is 4.39 Å². The van der Waals surface area contributed by atoms with E-state index in [0.717, 1.165) is 32.6 Å². The lowest BCUT2D eigenvalue weighted by atomic mass is 10.2. The molecule has 0 heterocycles. The molecule has 0 aromatic heterocycles. The molecule has 0 aliphatic rings. The molecule has 2 nitrogen and oxygen atoms in total. The van der Waals surface area contributed by atoms with Gasteiger partial charge in [-0.3, -0.25) is 0 Å². The third-order valence-corrected chi connectivity index (χ3v) is 3.68. The molecule has 1 N–H and O–H groups in total. The highest BCUT2D eigenvalue weighted by Crippen LogP contribution is 2.18. The van der Waals surface area contributed by atoms with Crippen LogP contribution in [0, 0.1) is 5.82 Å². The van der Waals surface area contributed by atoms with E-state index in [1.54, 1.807) is 6.07 Å². The molecular weight excluding hydrogens is 295 g/mol. The van der Waals surface area contributed by atoms with E-state index >= 15 is 0 Å². The van der Waals surface area contributed by atoms with E-state index in [9.17, 15) is 4.39 Å². The molecule has 0 aliphatic heterocycles. The van der Waals surface area contributed by atoms with Crippen molar-refractivity contribution in [3.63, 3.8) is 0 Å². The van der Waals surface area contributed by atoms with Gasteiger partial charge in [-0.1, -0.05) is 26.0 Å². The highest BCUT2D eigenvalue weighted by atomic mass is 79.9. The Morgan fingerprint density at radius 3 is 2.67 bits per heavy atom. The van der Waals surface area contributed by atoms with Gasteiger partial charge in [0.2, 0.25) is 0 Å². The molecule has 4 heteroatoms. The molecule has 0 saturated carbocycles. The lowest BCUT2D eigenvalue weighted by molar-refractivity contribution is 0.298. The molecule has 1 aromatic carbocycles. The van der Waals surface area contributed by atoms with Crippen LogP contribution in [0.5, 0.6) is 0 Å². The zero-order chi connectivity index (χ0) is 13.4. The zero-order valence-electron chi connectivity index (χ0n) is 11.2. The Morgan fingerprint density at radius 2 is 2.00 bits per heavy atom. The van der Waals surface area contributed by atoms with Crippen LogP contribution in [0.25, 0.3) is 0 Å². The molecule has 0 amide bonds. The molecule has 1 aromatic rings. The normalized spacial score (nSPS) is 11.2. The van der Waals surface area contributed by atoms with Gasteiger partial charge in [0.1, 0.15) is 5.82 Å². The van der Waals surface area contributed by atoms with Gasteiger partial charge in [-0.2, -0.15) is 0 Å². The fourth-order valence-corrected chi connectivity index (χ4v) is 2.28. The van der Waals surface area contributed by atoms with Crippen LogP contribution in [0.1, 0.15) is 25.8 Å². The highest BCUT2D eigenvalue weighted by Gasteiger charge is 2.05. The monoisotopic (exact) mass is 316 g/mol. The molecule has 0 atom stereocenters. The van der Waals surface area contributed by atoms with Crippen molar-refractivity contribution in [1.82, 2.24) is 10.2 Å². The van der Waals surface area contributed by atoms with Crippen LogP contribution < -0.4 is 5.32 Å². The first-order valence-electron chi connectivity index (χ1n) is 6.55. The van der Waals surface area contributed by atoms with Crippen molar-refractivity contribution in [2.75, 3.05) is 26.2 Å². The van der Waals surface area contributed by atoms with Gasteiger partial charge in [0, 0.05) is 12.1 Å². The molecule has 0 fully saturated rings. The number of halogens is 2. The standard InChI is InChI=1S/C14H22BrFN2/c1-3-18(4-2)10-6-9-17-11-12-7-5-8-13(15)14(12)16/h5,7-8,17H,3-4,6,9-11H2,1-2H3. The molecular formula is C14H22BrFN2. The predicted molar refractivity (Wildman–Crippen MR) is 78.2 cm³/mol. The van der Waals surface area contributed by atoms with Gasteiger partial charge in [0.05, 0.1) is 4.47 Å². The smallest absolute Gasteiger partial charge is 0.141 e. The summed E-state index contributed by atoms with van der Waals surface area (Å²) in [5.41, 5.74) is 0.715. The zero-order valence-corrected chi connectivity index (χ0v) is 12.8. The molecule has 0 aliphatic carbocycles. The van der Waals surface area contributed by atoms with Gasteiger partial charge in [-0.05, 0) is 54.6 Å². The van der Waals surface area contributed by atoms with Crippen LogP contribution in [-0.4, -0.2) is 31.1 Å². The van der Waals surface area contributed by atoms with Crippen LogP contribution in [-0.2, 0) is 6.54 Å². The van der Waals surface area contributed by atoms with Crippen molar-refractivity contribution < 1.29 is 4.39 Å². The summed E-state index contributed by atoms with van der Waals surface area (Å²) < 4.78 is 14.2. The fraction of sp³-hybridized carbons (Fsp3) is 0.571. The van der Waals surface area contributed by atoms with Gasteiger partial charge in [-0.15, -0.1) is 0 Å². The Bertz CT molecular complexity index is 354. The first kappa shape index (κ1) is 15.6. The SMILES string of the molecule is CCN(CC)CCCNCc1cccc(Br)c1F. The summed E-state index contributed by atoms with van der Waals surface area (Å²) in [6, 6.07) is 5.40. The van der Waals surface area contributed by atoms with Crippen molar-refractivity contribution in [2.45, 2.75) is 26.8 Å². The second-order valence-electron chi connectivity index (χ2n) is 4.27. The number of rotatable bonds is 8. The van der Waals surface area contributed by atoms with E-state index in [2.05, 4.69) is 40.0 Å². The van der Waals surface area contributed by atoms with Crippen LogP contribution in [0.3, 0.4) is 0 Å². The van der Waals surface area contributed by atoms with Crippen LogP contribution >= 0.6 is 15.9 Å².